The fraction of sp³-hybridized carbons (Fsp3) is 0.316. The summed E-state index contributed by atoms with van der Waals surface area (Å²) in [5.41, 5.74) is 7.91. The zero-order valence-corrected chi connectivity index (χ0v) is 16.9. The highest BCUT2D eigenvalue weighted by Gasteiger charge is 2.20. The number of carbonyl (C=O) groups excluding carboxylic acids is 1. The maximum Gasteiger partial charge on any atom is 0.348 e. The van der Waals surface area contributed by atoms with Crippen LogP contribution in [0, 0.1) is 6.92 Å². The number of anilines is 1. The summed E-state index contributed by atoms with van der Waals surface area (Å²) >= 11 is 7.53. The lowest BCUT2D eigenvalue weighted by atomic mass is 10.1. The molecular weight excluding hydrogens is 384 g/mol. The minimum atomic E-state index is -0.357. The zero-order valence-electron chi connectivity index (χ0n) is 15.4. The van der Waals surface area contributed by atoms with Crippen molar-refractivity contribution in [3.63, 3.8) is 0 Å². The van der Waals surface area contributed by atoms with Crippen LogP contribution in [-0.2, 0) is 11.3 Å². The van der Waals surface area contributed by atoms with Crippen LogP contribution >= 0.6 is 22.9 Å². The molecule has 0 aliphatic heterocycles. The Hall–Kier alpha value is -2.22. The van der Waals surface area contributed by atoms with Crippen molar-refractivity contribution in [2.45, 2.75) is 33.4 Å². The average Bonchev–Trinajstić information content (AvgIpc) is 2.97. The van der Waals surface area contributed by atoms with Gasteiger partial charge in [0.25, 0.3) is 0 Å². The molecule has 0 aliphatic carbocycles. The Labute approximate surface area is 166 Å². The van der Waals surface area contributed by atoms with Crippen molar-refractivity contribution in [2.75, 3.05) is 12.3 Å². The number of rotatable bonds is 6. The summed E-state index contributed by atoms with van der Waals surface area (Å²) < 4.78 is 5.11. The molecule has 0 amide bonds. The number of carbonyl (C=O) groups is 1. The first kappa shape index (κ1) is 19.5. The summed E-state index contributed by atoms with van der Waals surface area (Å²) in [6.07, 6.45) is 0. The van der Waals surface area contributed by atoms with Crippen molar-refractivity contribution in [3.05, 3.63) is 51.1 Å². The Kier molecular flexibility index (Phi) is 5.94. The summed E-state index contributed by atoms with van der Waals surface area (Å²) in [6.45, 7) is 6.39. The number of hydrogen-bond acceptors (Lipinski definition) is 7. The summed E-state index contributed by atoms with van der Waals surface area (Å²) in [5, 5.41) is 4.78. The Morgan fingerprint density at radius 2 is 2.11 bits per heavy atom. The Morgan fingerprint density at radius 3 is 2.81 bits per heavy atom. The number of nitrogens with one attached hydrogen (secondary N) is 1. The fourth-order valence-electron chi connectivity index (χ4n) is 2.87. The van der Waals surface area contributed by atoms with Gasteiger partial charge in [0.15, 0.2) is 0 Å². The molecule has 0 bridgehead atoms. The van der Waals surface area contributed by atoms with Crippen LogP contribution in [0.3, 0.4) is 0 Å². The molecule has 0 spiro atoms. The molecule has 1 atom stereocenters. The molecule has 6 nitrogen and oxygen atoms in total. The average molecular weight is 405 g/mol. The number of nitrogen functional groups attached to an aromatic ring is 1. The van der Waals surface area contributed by atoms with E-state index in [1.165, 1.54) is 11.3 Å². The number of nitrogens with two attached hydrogens (primary N) is 1. The monoisotopic (exact) mass is 404 g/mol. The van der Waals surface area contributed by atoms with Crippen molar-refractivity contribution in [1.82, 2.24) is 15.3 Å². The predicted octanol–water partition coefficient (Wildman–Crippen LogP) is 4.26. The number of thiophene rings is 1. The van der Waals surface area contributed by atoms with Gasteiger partial charge in [-0.1, -0.05) is 29.8 Å². The molecule has 3 N–H and O–H groups in total. The van der Waals surface area contributed by atoms with Gasteiger partial charge in [-0.25, -0.2) is 14.8 Å². The first-order valence-electron chi connectivity index (χ1n) is 8.62. The highest BCUT2D eigenvalue weighted by atomic mass is 35.5. The molecule has 2 heterocycles. The van der Waals surface area contributed by atoms with E-state index in [0.29, 0.717) is 44.9 Å². The molecule has 0 saturated heterocycles. The van der Waals surface area contributed by atoms with E-state index in [-0.39, 0.29) is 12.0 Å². The lowest BCUT2D eigenvalue weighted by Gasteiger charge is -2.15. The highest BCUT2D eigenvalue weighted by molar-refractivity contribution is 7.20. The normalized spacial score (nSPS) is 12.3. The quantitative estimate of drug-likeness (QED) is 0.596. The zero-order chi connectivity index (χ0) is 19.6. The molecule has 0 radical (unpaired) electrons. The number of ether oxygens (including phenoxy) is 1. The number of benzene rings is 1. The van der Waals surface area contributed by atoms with Gasteiger partial charge in [0.2, 0.25) is 0 Å². The van der Waals surface area contributed by atoms with Crippen molar-refractivity contribution in [1.29, 1.82) is 0 Å². The van der Waals surface area contributed by atoms with Crippen LogP contribution in [0.5, 0.6) is 0 Å². The number of hydrogen-bond donors (Lipinski definition) is 2. The number of nitrogens with zero attached hydrogens (tertiary/aromatic N) is 2. The number of aryl methyl sites for hydroxylation is 1. The van der Waals surface area contributed by atoms with Gasteiger partial charge in [-0.2, -0.15) is 0 Å². The van der Waals surface area contributed by atoms with E-state index in [0.717, 1.165) is 11.1 Å². The van der Waals surface area contributed by atoms with E-state index in [2.05, 4.69) is 15.3 Å². The summed E-state index contributed by atoms with van der Waals surface area (Å²) in [7, 11) is 0. The fourth-order valence-corrected chi connectivity index (χ4v) is 4.27. The molecule has 2 aromatic heterocycles. The molecule has 3 aromatic rings. The second-order valence-electron chi connectivity index (χ2n) is 6.11. The van der Waals surface area contributed by atoms with Crippen LogP contribution in [-0.4, -0.2) is 22.5 Å². The minimum absolute atomic E-state index is 0.0272. The van der Waals surface area contributed by atoms with Gasteiger partial charge >= 0.3 is 5.97 Å². The number of fused-ring (bicyclic) bond motifs is 1. The molecule has 8 heteroatoms. The lowest BCUT2D eigenvalue weighted by Crippen LogP contribution is -2.20. The van der Waals surface area contributed by atoms with E-state index >= 15 is 0 Å². The number of aromatic nitrogens is 2. The van der Waals surface area contributed by atoms with Crippen LogP contribution in [0.1, 0.15) is 46.5 Å². The molecule has 1 unspecified atom stereocenters. The van der Waals surface area contributed by atoms with Crippen molar-refractivity contribution >= 4 is 44.9 Å². The third kappa shape index (κ3) is 4.05. The molecule has 27 heavy (non-hydrogen) atoms. The van der Waals surface area contributed by atoms with Gasteiger partial charge in [0.1, 0.15) is 21.3 Å². The minimum Gasteiger partial charge on any atom is -0.462 e. The molecular formula is C19H21ClN4O2S. The van der Waals surface area contributed by atoms with E-state index < -0.39 is 0 Å². The standard InChI is InChI=1S/C19H21ClN4O2S/c1-4-26-19(25)16-10(2)15-17(21)23-14(24-18(15)27-16)9-22-11(3)12-7-5-6-8-13(12)20/h5-8,11,22H,4,9H2,1-3H3,(H2,21,23,24). The smallest absolute Gasteiger partial charge is 0.348 e. The Bertz CT molecular complexity index is 989. The maximum atomic E-state index is 12.1. The van der Waals surface area contributed by atoms with Crippen LogP contribution in [0.4, 0.5) is 5.82 Å². The van der Waals surface area contributed by atoms with E-state index in [1.54, 1.807) is 6.92 Å². The van der Waals surface area contributed by atoms with E-state index in [9.17, 15) is 4.79 Å². The SMILES string of the molecule is CCOC(=O)c1sc2nc(CNC(C)c3ccccc3Cl)nc(N)c2c1C. The highest BCUT2D eigenvalue weighted by Crippen LogP contribution is 2.33. The maximum absolute atomic E-state index is 12.1. The summed E-state index contributed by atoms with van der Waals surface area (Å²) in [6, 6.07) is 7.72. The largest absolute Gasteiger partial charge is 0.462 e. The molecule has 0 saturated carbocycles. The second-order valence-corrected chi connectivity index (χ2v) is 7.51. The third-order valence-corrected chi connectivity index (χ3v) is 5.77. The molecule has 0 aliphatic rings. The van der Waals surface area contributed by atoms with Gasteiger partial charge in [-0.15, -0.1) is 11.3 Å². The van der Waals surface area contributed by atoms with Crippen molar-refractivity contribution < 1.29 is 9.53 Å². The molecule has 142 valence electrons. The molecule has 1 aromatic carbocycles. The molecule has 3 rings (SSSR count). The van der Waals surface area contributed by atoms with Gasteiger partial charge in [0.05, 0.1) is 18.5 Å². The summed E-state index contributed by atoms with van der Waals surface area (Å²) in [4.78, 5) is 22.3. The Balaban J connectivity index is 1.84. The second kappa shape index (κ2) is 8.21. The third-order valence-electron chi connectivity index (χ3n) is 4.26. The first-order chi connectivity index (χ1) is 12.9. The van der Waals surface area contributed by atoms with Crippen LogP contribution in [0.2, 0.25) is 5.02 Å². The van der Waals surface area contributed by atoms with Gasteiger partial charge in [-0.05, 0) is 38.0 Å². The van der Waals surface area contributed by atoms with Crippen LogP contribution < -0.4 is 11.1 Å². The van der Waals surface area contributed by atoms with Gasteiger partial charge < -0.3 is 15.8 Å². The summed E-state index contributed by atoms with van der Waals surface area (Å²) in [5.74, 6) is 0.575. The van der Waals surface area contributed by atoms with Crippen molar-refractivity contribution in [3.8, 4) is 0 Å². The predicted molar refractivity (Wildman–Crippen MR) is 109 cm³/mol. The number of esters is 1. The number of halogens is 1. The van der Waals surface area contributed by atoms with Crippen LogP contribution in [0.25, 0.3) is 10.2 Å². The van der Waals surface area contributed by atoms with E-state index in [4.69, 9.17) is 22.1 Å². The van der Waals surface area contributed by atoms with E-state index in [1.807, 2.05) is 38.1 Å². The lowest BCUT2D eigenvalue weighted by molar-refractivity contribution is 0.0531. The van der Waals surface area contributed by atoms with Crippen LogP contribution in [0.15, 0.2) is 24.3 Å². The van der Waals surface area contributed by atoms with Gasteiger partial charge in [0, 0.05) is 11.1 Å². The van der Waals surface area contributed by atoms with Crippen molar-refractivity contribution in [2.24, 2.45) is 0 Å². The molecule has 0 fully saturated rings. The first-order valence-corrected chi connectivity index (χ1v) is 9.82. The Morgan fingerprint density at radius 1 is 1.37 bits per heavy atom. The topological polar surface area (TPSA) is 90.1 Å². The van der Waals surface area contributed by atoms with Gasteiger partial charge in [-0.3, -0.25) is 0 Å².